The highest BCUT2D eigenvalue weighted by Gasteiger charge is 2.47. The van der Waals surface area contributed by atoms with Crippen molar-refractivity contribution in [1.82, 2.24) is 55.7 Å². The lowest BCUT2D eigenvalue weighted by Gasteiger charge is -2.36. The van der Waals surface area contributed by atoms with E-state index < -0.39 is 191 Å². The average Bonchev–Trinajstić information content (AvgIpc) is 1.27. The first-order valence-corrected chi connectivity index (χ1v) is 32.1. The Morgan fingerprint density at radius 2 is 1.08 bits per heavy atom. The Kier molecular flexibility index (Phi) is 22.7. The highest BCUT2D eigenvalue weighted by molar-refractivity contribution is 6.10. The van der Waals surface area contributed by atoms with E-state index in [1.165, 1.54) is 80.7 Å². The summed E-state index contributed by atoms with van der Waals surface area (Å²) in [5, 5.41) is 10.9. The van der Waals surface area contributed by atoms with Gasteiger partial charge in [-0.25, -0.2) is 14.6 Å². The predicted octanol–water partition coefficient (Wildman–Crippen LogP) is 1.90. The van der Waals surface area contributed by atoms with E-state index in [1.807, 2.05) is 0 Å². The number of anilines is 1. The standard InChI is InChI=1S/C65H92N12O16/c1-17-31(6)45-62(87)76-26-20-22-39(76)60(85)72(13)28-41(78)74(15)51(30(4)5)64(89)91-36(11)47(58(83)68-45)70-56(81)38-25-24-34(9)54-49(38)67-50-43(44(66)53(80)35(10)55(50)93-54)57(82)71-48-37(12)92-65(90)52(33(8)19-3)75(16)42(79)29-73(14)61(86)40-23-21-27-77(40)63(88)46(32(7)18-2)69-59(48)84/h24-25,30-33,36-37,39-40,45-48,51-52H,17-23,26-29,66H2,1-16H3,(H,68,83)(H,69,84)(H,70,81)(H,71,82)/t31-,32-,33-,36+,37+,39-,40-,45+,46+,47-,48-,51-,52-/m0/s1. The summed E-state index contributed by atoms with van der Waals surface area (Å²) in [6, 6.07) is -7.85. The number of benzene rings is 2. The summed E-state index contributed by atoms with van der Waals surface area (Å²) < 4.78 is 18.5. The van der Waals surface area contributed by atoms with Crippen molar-refractivity contribution in [2.75, 3.05) is 60.1 Å². The number of nitrogens with zero attached hydrogens (tertiary/aromatic N) is 7. The summed E-state index contributed by atoms with van der Waals surface area (Å²) in [4.78, 5) is 201. The van der Waals surface area contributed by atoms with Gasteiger partial charge < -0.3 is 70.3 Å². The molecule has 1 aromatic rings. The molecular weight excluding hydrogens is 1200 g/mol. The third-order valence-corrected chi connectivity index (χ3v) is 19.2. The molecule has 10 amide bonds. The first-order chi connectivity index (χ1) is 43.7. The predicted molar refractivity (Wildman–Crippen MR) is 339 cm³/mol. The second kappa shape index (κ2) is 29.5. The third kappa shape index (κ3) is 14.6. The number of rotatable bonds is 11. The van der Waals surface area contributed by atoms with Gasteiger partial charge in [0.05, 0.1) is 29.9 Å². The minimum Gasteiger partial charge on any atom is -0.458 e. The lowest BCUT2D eigenvalue weighted by Crippen LogP contribution is -2.61. The Labute approximate surface area is 541 Å². The zero-order valence-electron chi connectivity index (χ0n) is 56.3. The van der Waals surface area contributed by atoms with E-state index in [9.17, 15) is 43.2 Å². The molecule has 28 nitrogen and oxygen atoms in total. The largest absolute Gasteiger partial charge is 0.458 e. The number of carbonyl (C=O) groups is 12. The molecule has 0 radical (unpaired) electrons. The molecule has 28 heteroatoms. The van der Waals surface area contributed by atoms with Gasteiger partial charge in [-0.15, -0.1) is 0 Å². The van der Waals surface area contributed by atoms with Crippen molar-refractivity contribution in [1.29, 1.82) is 0 Å². The smallest absolute Gasteiger partial charge is 0.329 e. The van der Waals surface area contributed by atoms with E-state index in [1.54, 1.807) is 62.3 Å². The van der Waals surface area contributed by atoms with Gasteiger partial charge in [0.1, 0.15) is 71.8 Å². The Morgan fingerprint density at radius 3 is 1.53 bits per heavy atom. The number of cyclic esters (lactones) is 2. The van der Waals surface area contributed by atoms with E-state index >= 15 is 19.2 Å². The quantitative estimate of drug-likeness (QED) is 0.104. The number of hydrogen-bond acceptors (Lipinski definition) is 18. The molecule has 13 atom stereocenters. The number of nitrogens with one attached hydrogen (secondary N) is 4. The number of amides is 10. The average molecular weight is 1300 g/mol. The van der Waals surface area contributed by atoms with E-state index in [2.05, 4.69) is 21.3 Å². The zero-order valence-corrected chi connectivity index (χ0v) is 56.3. The molecule has 0 unspecified atom stereocenters. The van der Waals surface area contributed by atoms with Gasteiger partial charge in [0.25, 0.3) is 11.8 Å². The number of nitrogens with two attached hydrogens (primary N) is 1. The fourth-order valence-electron chi connectivity index (χ4n) is 12.7. The van der Waals surface area contributed by atoms with Gasteiger partial charge in [-0.2, -0.15) is 0 Å². The molecule has 0 spiro atoms. The van der Waals surface area contributed by atoms with Crippen LogP contribution < -0.4 is 32.4 Å². The number of nitrogen functional groups attached to an aromatic ring is 1. The van der Waals surface area contributed by atoms with Crippen molar-refractivity contribution in [3.05, 3.63) is 44.6 Å². The Hall–Kier alpha value is -8.72. The number of esters is 2. The number of carbonyl (C=O) groups excluding carboxylic acids is 12. The van der Waals surface area contributed by atoms with Gasteiger partial charge in [0.15, 0.2) is 11.3 Å². The summed E-state index contributed by atoms with van der Waals surface area (Å²) in [6.07, 6.45) is -0.541. The summed E-state index contributed by atoms with van der Waals surface area (Å²) >= 11 is 0. The van der Waals surface area contributed by atoms with E-state index in [0.29, 0.717) is 37.7 Å². The van der Waals surface area contributed by atoms with Gasteiger partial charge in [-0.05, 0) is 88.7 Å². The van der Waals surface area contributed by atoms with Crippen LogP contribution in [0.3, 0.4) is 0 Å². The number of likely N-dealkylation sites (N-methyl/N-ethyl adjacent to an activating group) is 4. The molecule has 1 aromatic carbocycles. The monoisotopic (exact) mass is 1300 g/mol. The van der Waals surface area contributed by atoms with Crippen LogP contribution in [0.5, 0.6) is 0 Å². The van der Waals surface area contributed by atoms with E-state index in [4.69, 9.17) is 24.6 Å². The summed E-state index contributed by atoms with van der Waals surface area (Å²) in [6.45, 7) is 19.0. The number of hydrogen-bond donors (Lipinski definition) is 5. The van der Waals surface area contributed by atoms with Crippen molar-refractivity contribution in [2.45, 2.75) is 189 Å². The zero-order chi connectivity index (χ0) is 69.1. The van der Waals surface area contributed by atoms with E-state index in [0.717, 1.165) is 9.80 Å². The second-order valence-corrected chi connectivity index (χ2v) is 26.0. The molecule has 1 aliphatic carbocycles. The number of aryl methyl sites for hydroxylation is 1. The lowest BCUT2D eigenvalue weighted by molar-refractivity contribution is -0.163. The van der Waals surface area contributed by atoms with Crippen LogP contribution in [0.2, 0.25) is 0 Å². The molecular formula is C65H92N12O16. The van der Waals surface area contributed by atoms with Crippen LogP contribution in [-0.4, -0.2) is 220 Å². The number of ether oxygens (including phenoxy) is 2. The number of fused-ring (bicyclic) bond motifs is 4. The van der Waals surface area contributed by atoms with Gasteiger partial charge >= 0.3 is 11.9 Å². The topological polar surface area (TPSA) is 360 Å². The second-order valence-electron chi connectivity index (χ2n) is 26.0. The minimum atomic E-state index is -1.88. The number of aromatic nitrogens is 1. The molecule has 4 fully saturated rings. The van der Waals surface area contributed by atoms with Gasteiger partial charge in [-0.3, -0.25) is 52.7 Å². The molecule has 5 heterocycles. The lowest BCUT2D eigenvalue weighted by atomic mass is 9.96. The highest BCUT2D eigenvalue weighted by Crippen LogP contribution is 2.35. The molecule has 5 aliphatic heterocycles. The SMILES string of the molecule is CC[C@H](C)[C@H]1C(=O)O[C@H](C)[C@H](NC(=O)c2c3nc4c(C(=O)N[C@@H]5C(=O)N[C@H]([C@@H](C)CC)C(=O)N6CCC[C@H]6C(=O)N(C)CC(=O)N(C)[C@@H](C(C)C)C(=O)O[C@@H]5C)ccc(C)c4oc-3c(C)c(=O)c2N)C(=O)N[C@H]([C@@H](C)CC)C(=O)N2CCC[C@H]2C(=O)N(C)CC(=O)N1C. The van der Waals surface area contributed by atoms with Crippen molar-refractivity contribution in [3.63, 3.8) is 0 Å². The van der Waals surface area contributed by atoms with Crippen LogP contribution in [0.4, 0.5) is 5.69 Å². The van der Waals surface area contributed by atoms with Crippen molar-refractivity contribution < 1.29 is 71.4 Å². The maximum absolute atomic E-state index is 15.3. The molecule has 0 aromatic heterocycles. The maximum atomic E-state index is 15.3. The normalized spacial score (nSPS) is 26.6. The van der Waals surface area contributed by atoms with Crippen molar-refractivity contribution >= 4 is 87.8 Å². The first-order valence-electron chi connectivity index (χ1n) is 32.1. The molecule has 6 aliphatic rings. The molecule has 7 rings (SSSR count). The van der Waals surface area contributed by atoms with Crippen molar-refractivity contribution in [2.24, 2.45) is 23.7 Å². The van der Waals surface area contributed by atoms with Gasteiger partial charge in [-0.1, -0.05) is 80.7 Å². The van der Waals surface area contributed by atoms with Gasteiger partial charge in [0, 0.05) is 46.8 Å². The summed E-state index contributed by atoms with van der Waals surface area (Å²) in [5.41, 5.74) is 3.65. The van der Waals surface area contributed by atoms with Crippen LogP contribution in [0.15, 0.2) is 21.3 Å². The minimum absolute atomic E-state index is 0.0722. The van der Waals surface area contributed by atoms with E-state index in [-0.39, 0.29) is 53.9 Å². The fourth-order valence-corrected chi connectivity index (χ4v) is 12.7. The Balaban J connectivity index is 1.34. The van der Waals surface area contributed by atoms with Crippen LogP contribution in [-0.2, 0) is 57.4 Å². The van der Waals surface area contributed by atoms with Crippen LogP contribution in [0.25, 0.3) is 22.6 Å². The molecule has 0 bridgehead atoms. The molecule has 508 valence electrons. The summed E-state index contributed by atoms with van der Waals surface area (Å²) in [5.74, 6) is -12.1. The maximum Gasteiger partial charge on any atom is 0.329 e. The van der Waals surface area contributed by atoms with Crippen LogP contribution >= 0.6 is 0 Å². The molecule has 93 heavy (non-hydrogen) atoms. The molecule has 0 saturated carbocycles. The third-order valence-electron chi connectivity index (χ3n) is 19.2. The molecule has 6 N–H and O–H groups in total. The highest BCUT2D eigenvalue weighted by atomic mass is 16.6. The fraction of sp³-hybridized carbons (Fsp3) is 0.631. The van der Waals surface area contributed by atoms with Crippen LogP contribution in [0, 0.1) is 37.5 Å². The first kappa shape index (κ1) is 71.7. The van der Waals surface area contributed by atoms with Crippen LogP contribution in [0.1, 0.15) is 146 Å². The van der Waals surface area contributed by atoms with Gasteiger partial charge in [0.2, 0.25) is 52.7 Å². The Bertz CT molecular complexity index is 3480. The molecule has 4 saturated heterocycles. The Morgan fingerprint density at radius 1 is 0.634 bits per heavy atom. The summed E-state index contributed by atoms with van der Waals surface area (Å²) in [7, 11) is 5.64. The van der Waals surface area contributed by atoms with Crippen molar-refractivity contribution in [3.8, 4) is 11.5 Å².